The van der Waals surface area contributed by atoms with Crippen molar-refractivity contribution in [1.82, 2.24) is 9.88 Å². The van der Waals surface area contributed by atoms with Crippen molar-refractivity contribution in [3.05, 3.63) is 16.1 Å². The van der Waals surface area contributed by atoms with Crippen LogP contribution in [0.25, 0.3) is 0 Å². The Balaban J connectivity index is 1.92. The van der Waals surface area contributed by atoms with Crippen LogP contribution >= 0.6 is 11.3 Å². The third-order valence-electron chi connectivity index (χ3n) is 2.66. The maximum atomic E-state index is 12.0. The topological polar surface area (TPSA) is 68.5 Å². The van der Waals surface area contributed by atoms with Crippen LogP contribution in [0.1, 0.15) is 23.7 Å². The summed E-state index contributed by atoms with van der Waals surface area (Å²) in [5, 5.41) is 2.80. The number of aromatic nitrogens is 1. The van der Waals surface area contributed by atoms with Gasteiger partial charge in [0.25, 0.3) is 0 Å². The first-order valence-electron chi connectivity index (χ1n) is 5.72. The minimum absolute atomic E-state index is 0.0627. The van der Waals surface area contributed by atoms with Crippen molar-refractivity contribution >= 4 is 17.2 Å². The number of carbonyl (C=O) groups excluding carboxylic acids is 1. The fourth-order valence-electron chi connectivity index (χ4n) is 1.69. The van der Waals surface area contributed by atoms with Crippen LogP contribution in [-0.2, 0) is 16.0 Å². The number of ether oxygens (including phenoxy) is 1. The Bertz CT molecular complexity index is 386. The van der Waals surface area contributed by atoms with Crippen LogP contribution in [0, 0.1) is 0 Å². The molecule has 1 unspecified atom stereocenters. The van der Waals surface area contributed by atoms with Crippen LogP contribution in [0.2, 0.25) is 0 Å². The summed E-state index contributed by atoms with van der Waals surface area (Å²) < 4.78 is 5.21. The van der Waals surface area contributed by atoms with Gasteiger partial charge in [0.05, 0.1) is 31.4 Å². The Morgan fingerprint density at radius 1 is 1.65 bits per heavy atom. The van der Waals surface area contributed by atoms with Crippen LogP contribution in [0.15, 0.2) is 5.38 Å². The molecule has 1 saturated heterocycles. The monoisotopic (exact) mass is 255 g/mol. The summed E-state index contributed by atoms with van der Waals surface area (Å²) in [6.07, 6.45) is 0.364. The fraction of sp³-hybridized carbons (Fsp3) is 0.636. The number of nitrogens with two attached hydrogens (primary N) is 1. The summed E-state index contributed by atoms with van der Waals surface area (Å²) in [5.74, 6) is 0.120. The SMILES string of the molecule is CC(N)c1nc(CC(=O)N2CCOCC2)cs1. The number of carbonyl (C=O) groups is 1. The average molecular weight is 255 g/mol. The molecular formula is C11H17N3O2S. The van der Waals surface area contributed by atoms with Crippen molar-refractivity contribution in [2.75, 3.05) is 26.3 Å². The fourth-order valence-corrected chi connectivity index (χ4v) is 2.47. The van der Waals surface area contributed by atoms with Gasteiger partial charge < -0.3 is 15.4 Å². The maximum absolute atomic E-state index is 12.0. The molecule has 1 atom stereocenters. The molecule has 1 fully saturated rings. The van der Waals surface area contributed by atoms with Gasteiger partial charge >= 0.3 is 0 Å². The van der Waals surface area contributed by atoms with E-state index in [-0.39, 0.29) is 11.9 Å². The highest BCUT2D eigenvalue weighted by atomic mass is 32.1. The number of rotatable bonds is 3. The normalized spacial score (nSPS) is 18.1. The lowest BCUT2D eigenvalue weighted by molar-refractivity contribution is -0.134. The molecule has 0 aliphatic carbocycles. The summed E-state index contributed by atoms with van der Waals surface area (Å²) in [4.78, 5) is 18.1. The number of morpholine rings is 1. The van der Waals surface area contributed by atoms with E-state index in [1.807, 2.05) is 17.2 Å². The van der Waals surface area contributed by atoms with Gasteiger partial charge in [0.15, 0.2) is 0 Å². The Kier molecular flexibility index (Phi) is 4.09. The zero-order valence-electron chi connectivity index (χ0n) is 9.89. The minimum atomic E-state index is -0.0627. The van der Waals surface area contributed by atoms with Gasteiger partial charge in [0.1, 0.15) is 5.01 Å². The molecule has 0 aromatic carbocycles. The number of amides is 1. The Labute approximate surface area is 105 Å². The minimum Gasteiger partial charge on any atom is -0.378 e. The molecule has 6 heteroatoms. The van der Waals surface area contributed by atoms with Crippen molar-refractivity contribution in [3.63, 3.8) is 0 Å². The first-order chi connectivity index (χ1) is 8.16. The third-order valence-corrected chi connectivity index (χ3v) is 3.75. The van der Waals surface area contributed by atoms with Crippen molar-refractivity contribution in [2.24, 2.45) is 5.73 Å². The summed E-state index contributed by atoms with van der Waals surface area (Å²) in [5.41, 5.74) is 6.56. The van der Waals surface area contributed by atoms with E-state index in [2.05, 4.69) is 4.98 Å². The molecule has 0 radical (unpaired) electrons. The Hall–Kier alpha value is -0.980. The second kappa shape index (κ2) is 5.57. The smallest absolute Gasteiger partial charge is 0.228 e. The molecule has 2 heterocycles. The van der Waals surface area contributed by atoms with E-state index in [1.165, 1.54) is 11.3 Å². The highest BCUT2D eigenvalue weighted by Gasteiger charge is 2.18. The summed E-state index contributed by atoms with van der Waals surface area (Å²) >= 11 is 1.51. The van der Waals surface area contributed by atoms with Gasteiger partial charge in [-0.15, -0.1) is 11.3 Å². The summed E-state index contributed by atoms with van der Waals surface area (Å²) in [6.45, 7) is 4.53. The predicted octanol–water partition coefficient (Wildman–Crippen LogP) is 0.564. The molecule has 1 aliphatic rings. The summed E-state index contributed by atoms with van der Waals surface area (Å²) in [7, 11) is 0. The Morgan fingerprint density at radius 3 is 2.94 bits per heavy atom. The van der Waals surface area contributed by atoms with E-state index in [9.17, 15) is 4.79 Å². The predicted molar refractivity (Wildman–Crippen MR) is 65.8 cm³/mol. The number of hydrogen-bond donors (Lipinski definition) is 1. The van der Waals surface area contributed by atoms with Crippen molar-refractivity contribution in [1.29, 1.82) is 0 Å². The molecule has 0 bridgehead atoms. The van der Waals surface area contributed by atoms with E-state index in [0.717, 1.165) is 10.7 Å². The van der Waals surface area contributed by atoms with Gasteiger partial charge in [-0.25, -0.2) is 4.98 Å². The first kappa shape index (κ1) is 12.5. The van der Waals surface area contributed by atoms with Gasteiger partial charge in [0.2, 0.25) is 5.91 Å². The second-order valence-electron chi connectivity index (χ2n) is 4.14. The maximum Gasteiger partial charge on any atom is 0.228 e. The van der Waals surface area contributed by atoms with Crippen molar-refractivity contribution in [3.8, 4) is 0 Å². The lowest BCUT2D eigenvalue weighted by Crippen LogP contribution is -2.41. The van der Waals surface area contributed by atoms with E-state index >= 15 is 0 Å². The van der Waals surface area contributed by atoms with Crippen LogP contribution in [0.3, 0.4) is 0 Å². The molecule has 94 valence electrons. The quantitative estimate of drug-likeness (QED) is 0.857. The van der Waals surface area contributed by atoms with Crippen LogP contribution in [0.4, 0.5) is 0 Å². The molecule has 1 aromatic rings. The van der Waals surface area contributed by atoms with Gasteiger partial charge in [-0.05, 0) is 6.92 Å². The molecule has 0 saturated carbocycles. The lowest BCUT2D eigenvalue weighted by atomic mass is 10.3. The molecular weight excluding hydrogens is 238 g/mol. The highest BCUT2D eigenvalue weighted by Crippen LogP contribution is 2.16. The molecule has 2 N–H and O–H groups in total. The molecule has 2 rings (SSSR count). The molecule has 1 aliphatic heterocycles. The molecule has 0 spiro atoms. The van der Waals surface area contributed by atoms with E-state index < -0.39 is 0 Å². The van der Waals surface area contributed by atoms with E-state index in [1.54, 1.807) is 0 Å². The summed E-state index contributed by atoms with van der Waals surface area (Å²) in [6, 6.07) is -0.0627. The average Bonchev–Trinajstić information content (AvgIpc) is 2.79. The third kappa shape index (κ3) is 3.24. The van der Waals surface area contributed by atoms with Crippen LogP contribution < -0.4 is 5.73 Å². The first-order valence-corrected chi connectivity index (χ1v) is 6.60. The second-order valence-corrected chi connectivity index (χ2v) is 5.03. The van der Waals surface area contributed by atoms with Gasteiger partial charge in [0, 0.05) is 18.5 Å². The number of hydrogen-bond acceptors (Lipinski definition) is 5. The largest absolute Gasteiger partial charge is 0.378 e. The van der Waals surface area contributed by atoms with Crippen LogP contribution in [0.5, 0.6) is 0 Å². The Morgan fingerprint density at radius 2 is 2.35 bits per heavy atom. The zero-order valence-corrected chi connectivity index (χ0v) is 10.7. The number of nitrogens with zero attached hydrogens (tertiary/aromatic N) is 2. The zero-order chi connectivity index (χ0) is 12.3. The van der Waals surface area contributed by atoms with E-state index in [4.69, 9.17) is 10.5 Å². The van der Waals surface area contributed by atoms with Gasteiger partial charge in [-0.3, -0.25) is 4.79 Å². The van der Waals surface area contributed by atoms with E-state index in [0.29, 0.717) is 32.7 Å². The van der Waals surface area contributed by atoms with Gasteiger partial charge in [-0.2, -0.15) is 0 Å². The molecule has 1 amide bonds. The van der Waals surface area contributed by atoms with Crippen LogP contribution in [-0.4, -0.2) is 42.1 Å². The van der Waals surface area contributed by atoms with Crippen molar-refractivity contribution < 1.29 is 9.53 Å². The number of thiazole rings is 1. The molecule has 5 nitrogen and oxygen atoms in total. The standard InChI is InChI=1S/C11H17N3O2S/c1-8(12)11-13-9(7-17-11)6-10(15)14-2-4-16-5-3-14/h7-8H,2-6,12H2,1H3. The lowest BCUT2D eigenvalue weighted by Gasteiger charge is -2.26. The van der Waals surface area contributed by atoms with Gasteiger partial charge in [-0.1, -0.05) is 0 Å². The molecule has 17 heavy (non-hydrogen) atoms. The van der Waals surface area contributed by atoms with Crippen molar-refractivity contribution in [2.45, 2.75) is 19.4 Å². The highest BCUT2D eigenvalue weighted by molar-refractivity contribution is 7.09. The molecule has 1 aromatic heterocycles.